The average molecular weight is 885 g/mol. The molecule has 0 aromatic heterocycles. The van der Waals surface area contributed by atoms with Gasteiger partial charge < -0.3 is 39.4 Å². The zero-order valence-corrected chi connectivity index (χ0v) is 36.0. The Morgan fingerprint density at radius 1 is 0.344 bits per heavy atom. The molecule has 16 nitrogen and oxygen atoms in total. The first kappa shape index (κ1) is 49.5. The molecule has 0 spiro atoms. The van der Waals surface area contributed by atoms with Gasteiger partial charge in [0.05, 0.1) is 52.9 Å². The number of hydrogen-bond acceptors (Lipinski definition) is 12. The topological polar surface area (TPSA) is 199 Å². The fraction of sp³-hybridized carbons (Fsp3) is 0.417. The Kier molecular flexibility index (Phi) is 20.8. The Labute approximate surface area is 374 Å². The lowest BCUT2D eigenvalue weighted by Gasteiger charge is -2.39. The highest BCUT2D eigenvalue weighted by atomic mass is 16.5. The maximum atomic E-state index is 13.0. The summed E-state index contributed by atoms with van der Waals surface area (Å²) < 4.78 is 23.8. The van der Waals surface area contributed by atoms with E-state index in [-0.39, 0.29) is 105 Å². The predicted octanol–water partition coefficient (Wildman–Crippen LogP) is 3.89. The molecule has 1 aliphatic rings. The van der Waals surface area contributed by atoms with Crippen LogP contribution in [0.3, 0.4) is 0 Å². The molecule has 1 fully saturated rings. The van der Waals surface area contributed by atoms with Crippen molar-refractivity contribution < 1.29 is 58.6 Å². The van der Waals surface area contributed by atoms with Gasteiger partial charge in [-0.05, 0) is 22.3 Å². The van der Waals surface area contributed by atoms with Gasteiger partial charge in [-0.3, -0.25) is 38.8 Å². The van der Waals surface area contributed by atoms with Gasteiger partial charge in [0.1, 0.15) is 24.2 Å². The van der Waals surface area contributed by atoms with Crippen LogP contribution < -0.4 is 0 Å². The van der Waals surface area contributed by atoms with Crippen molar-refractivity contribution in [3.63, 3.8) is 0 Å². The van der Waals surface area contributed by atoms with Crippen LogP contribution in [0.4, 0.5) is 0 Å². The van der Waals surface area contributed by atoms with E-state index in [0.29, 0.717) is 0 Å². The highest BCUT2D eigenvalue weighted by Crippen LogP contribution is 2.15. The Morgan fingerprint density at radius 3 is 0.672 bits per heavy atom. The minimum Gasteiger partial charge on any atom is -0.480 e. The lowest BCUT2D eigenvalue weighted by Crippen LogP contribution is -2.58. The number of rotatable bonds is 24. The third-order valence-corrected chi connectivity index (χ3v) is 11.2. The second-order valence-electron chi connectivity index (χ2n) is 15.6. The molecule has 0 amide bonds. The summed E-state index contributed by atoms with van der Waals surface area (Å²) in [7, 11) is 0. The highest BCUT2D eigenvalue weighted by molar-refractivity contribution is 5.75. The van der Waals surface area contributed by atoms with E-state index in [1.807, 2.05) is 121 Å². The number of ether oxygens (including phenoxy) is 4. The molecule has 4 aromatic carbocycles. The van der Waals surface area contributed by atoms with E-state index in [4.69, 9.17) is 18.9 Å². The summed E-state index contributed by atoms with van der Waals surface area (Å²) in [5, 5.41) is 42.5. The predicted molar refractivity (Wildman–Crippen MR) is 236 cm³/mol. The molecule has 1 aliphatic heterocycles. The molecule has 4 N–H and O–H groups in total. The van der Waals surface area contributed by atoms with Gasteiger partial charge in [-0.25, -0.2) is 0 Å². The first-order valence-electron chi connectivity index (χ1n) is 21.4. The average Bonchev–Trinajstić information content (AvgIpc) is 3.29. The maximum Gasteiger partial charge on any atom is 0.323 e. The maximum absolute atomic E-state index is 13.0. The number of carboxylic acids is 4. The molecule has 344 valence electrons. The third kappa shape index (κ3) is 16.5. The van der Waals surface area contributed by atoms with Gasteiger partial charge in [0.2, 0.25) is 0 Å². The number of carbonyl (C=O) groups is 4. The summed E-state index contributed by atoms with van der Waals surface area (Å²) >= 11 is 0. The number of carboxylic acid groups (broad SMARTS) is 4. The van der Waals surface area contributed by atoms with E-state index in [0.717, 1.165) is 22.3 Å². The molecular weight excluding hydrogens is 825 g/mol. The van der Waals surface area contributed by atoms with Gasteiger partial charge in [-0.15, -0.1) is 0 Å². The Hall–Kier alpha value is -5.56. The highest BCUT2D eigenvalue weighted by Gasteiger charge is 2.35. The summed E-state index contributed by atoms with van der Waals surface area (Å²) in [5.74, 6) is -4.64. The minimum atomic E-state index is -1.18. The van der Waals surface area contributed by atoms with Gasteiger partial charge in [-0.2, -0.15) is 0 Å². The molecule has 0 bridgehead atoms. The van der Waals surface area contributed by atoms with Crippen LogP contribution >= 0.6 is 0 Å². The summed E-state index contributed by atoms with van der Waals surface area (Å²) in [6, 6.07) is 32.5. The number of nitrogens with zero attached hydrogens (tertiary/aromatic N) is 4. The lowest BCUT2D eigenvalue weighted by atomic mass is 10.1. The minimum absolute atomic E-state index is 0.0484. The van der Waals surface area contributed by atoms with E-state index in [1.54, 1.807) is 19.6 Å². The van der Waals surface area contributed by atoms with Crippen LogP contribution in [0.15, 0.2) is 121 Å². The van der Waals surface area contributed by atoms with Crippen LogP contribution in [0, 0.1) is 0 Å². The van der Waals surface area contributed by atoms with E-state index in [9.17, 15) is 39.6 Å². The lowest BCUT2D eigenvalue weighted by molar-refractivity contribution is -0.151. The second kappa shape index (κ2) is 26.9. The van der Waals surface area contributed by atoms with Crippen molar-refractivity contribution >= 4 is 23.9 Å². The fourth-order valence-electron chi connectivity index (χ4n) is 7.50. The van der Waals surface area contributed by atoms with Gasteiger partial charge in [0.15, 0.2) is 0 Å². The van der Waals surface area contributed by atoms with Crippen LogP contribution in [-0.2, 0) is 64.6 Å². The van der Waals surface area contributed by atoms with Crippen LogP contribution in [-0.4, -0.2) is 167 Å². The van der Waals surface area contributed by atoms with Crippen molar-refractivity contribution in [1.29, 1.82) is 0 Å². The molecule has 1 heterocycles. The van der Waals surface area contributed by atoms with E-state index >= 15 is 0 Å². The zero-order valence-electron chi connectivity index (χ0n) is 36.0. The Bertz CT molecular complexity index is 1680. The zero-order chi connectivity index (χ0) is 45.5. The molecule has 5 rings (SSSR count). The molecular formula is C48H60N4O12. The molecule has 0 radical (unpaired) electrons. The van der Waals surface area contributed by atoms with E-state index < -0.39 is 48.0 Å². The monoisotopic (exact) mass is 884 g/mol. The van der Waals surface area contributed by atoms with Crippen molar-refractivity contribution in [3.8, 4) is 0 Å². The summed E-state index contributed by atoms with van der Waals surface area (Å²) in [6.07, 6.45) is 0. The molecule has 4 unspecified atom stereocenters. The standard InChI is InChI=1S/C48H60N4O12/c53-45(54)41(33-61-29-37-13-5-1-6-14-37)49-21-23-50(42(46(55)56)34-62-30-38-15-7-2-8-16-38)25-27-52(44(48(59)60)36-64-32-40-19-11-4-12-20-40)28-26-51(24-22-49)43(47(57)58)35-63-31-39-17-9-3-10-18-39/h1-20,41-44H,21-36H2,(H,53,54)(H,55,56)(H,57,58)(H,59,60). The molecule has 1 saturated heterocycles. The van der Waals surface area contributed by atoms with Crippen molar-refractivity contribution in [2.24, 2.45) is 0 Å². The van der Waals surface area contributed by atoms with Crippen LogP contribution in [0.25, 0.3) is 0 Å². The molecule has 4 aromatic rings. The molecule has 0 aliphatic carbocycles. The van der Waals surface area contributed by atoms with Crippen LogP contribution in [0.2, 0.25) is 0 Å². The molecule has 64 heavy (non-hydrogen) atoms. The van der Waals surface area contributed by atoms with Crippen molar-refractivity contribution in [1.82, 2.24) is 19.6 Å². The molecule has 16 heteroatoms. The van der Waals surface area contributed by atoms with Crippen molar-refractivity contribution in [2.75, 3.05) is 78.8 Å². The summed E-state index contributed by atoms with van der Waals surface area (Å²) in [4.78, 5) is 58.8. The molecule has 4 atom stereocenters. The third-order valence-electron chi connectivity index (χ3n) is 11.2. The van der Waals surface area contributed by atoms with Gasteiger partial charge in [-0.1, -0.05) is 121 Å². The number of hydrogen-bond donors (Lipinski definition) is 4. The van der Waals surface area contributed by atoms with Gasteiger partial charge in [0, 0.05) is 52.4 Å². The summed E-state index contributed by atoms with van der Waals surface area (Å²) in [5.41, 5.74) is 3.41. The van der Waals surface area contributed by atoms with Crippen molar-refractivity contribution in [3.05, 3.63) is 144 Å². The van der Waals surface area contributed by atoms with Gasteiger partial charge in [0.25, 0.3) is 0 Å². The second-order valence-corrected chi connectivity index (χ2v) is 15.6. The van der Waals surface area contributed by atoms with Crippen molar-refractivity contribution in [2.45, 2.75) is 50.6 Å². The molecule has 0 saturated carbocycles. The van der Waals surface area contributed by atoms with Crippen LogP contribution in [0.5, 0.6) is 0 Å². The van der Waals surface area contributed by atoms with E-state index in [1.165, 1.54) is 0 Å². The van der Waals surface area contributed by atoms with Crippen LogP contribution in [0.1, 0.15) is 22.3 Å². The SMILES string of the molecule is O=C(O)C(COCc1ccccc1)N1CCN(C(COCc2ccccc2)C(=O)O)CCN(C(COCc2ccccc2)C(=O)O)CCN(C(COCc2ccccc2)C(=O)O)CC1. The largest absolute Gasteiger partial charge is 0.480 e. The first-order valence-corrected chi connectivity index (χ1v) is 21.4. The van der Waals surface area contributed by atoms with E-state index in [2.05, 4.69) is 0 Å². The smallest absolute Gasteiger partial charge is 0.323 e. The Morgan fingerprint density at radius 2 is 0.516 bits per heavy atom. The Balaban J connectivity index is 1.44. The summed E-state index contributed by atoms with van der Waals surface area (Å²) in [6.45, 7) is 0.214. The fourth-order valence-corrected chi connectivity index (χ4v) is 7.50. The van der Waals surface area contributed by atoms with Gasteiger partial charge >= 0.3 is 23.9 Å². The number of aliphatic carboxylic acids is 4. The first-order chi connectivity index (χ1) is 31.1. The quantitative estimate of drug-likeness (QED) is 0.0790. The normalized spacial score (nSPS) is 17.0. The number of benzene rings is 4.